The highest BCUT2D eigenvalue weighted by Gasteiger charge is 2.27. The summed E-state index contributed by atoms with van der Waals surface area (Å²) in [5.41, 5.74) is 0. The van der Waals surface area contributed by atoms with Crippen LogP contribution in [0, 0.1) is 0 Å². The van der Waals surface area contributed by atoms with Gasteiger partial charge in [0.15, 0.2) is 0 Å². The molecule has 88 valence electrons. The Morgan fingerprint density at radius 2 is 2.00 bits per heavy atom. The van der Waals surface area contributed by atoms with Crippen LogP contribution in [0.4, 0.5) is 0 Å². The molecule has 3 heteroatoms. The molecule has 3 atom stereocenters. The third kappa shape index (κ3) is 3.36. The Balaban J connectivity index is 1.71. The lowest BCUT2D eigenvalue weighted by Crippen LogP contribution is -2.40. The van der Waals surface area contributed by atoms with Crippen LogP contribution in [0.15, 0.2) is 0 Å². The second kappa shape index (κ2) is 5.55. The van der Waals surface area contributed by atoms with E-state index in [-0.39, 0.29) is 0 Å². The first-order valence-electron chi connectivity index (χ1n) is 6.26. The molecule has 1 N–H and O–H groups in total. The second-order valence-corrected chi connectivity index (χ2v) is 6.36. The van der Waals surface area contributed by atoms with E-state index in [1.54, 1.807) is 0 Å². The Labute approximate surface area is 98.2 Å². The van der Waals surface area contributed by atoms with Gasteiger partial charge in [-0.2, -0.15) is 11.8 Å². The Bertz CT molecular complexity index is 190. The SMILES string of the molecule is CN(C)C1CCC(NC2CCCSC2)C1. The normalized spacial score (nSPS) is 37.4. The number of nitrogens with zero attached hydrogens (tertiary/aromatic N) is 1. The predicted octanol–water partition coefficient (Wildman–Crippen LogP) is 1.95. The molecule has 0 aromatic rings. The predicted molar refractivity (Wildman–Crippen MR) is 68.6 cm³/mol. The first-order valence-corrected chi connectivity index (χ1v) is 7.41. The molecular weight excluding hydrogens is 204 g/mol. The lowest BCUT2D eigenvalue weighted by Gasteiger charge is -2.26. The number of rotatable bonds is 3. The molecule has 1 aliphatic heterocycles. The van der Waals surface area contributed by atoms with Crippen molar-refractivity contribution in [1.29, 1.82) is 0 Å². The third-order valence-electron chi connectivity index (χ3n) is 3.77. The zero-order valence-corrected chi connectivity index (χ0v) is 10.9. The van der Waals surface area contributed by atoms with E-state index in [2.05, 4.69) is 36.1 Å². The first kappa shape index (κ1) is 11.7. The molecule has 15 heavy (non-hydrogen) atoms. The Morgan fingerprint density at radius 1 is 1.13 bits per heavy atom. The molecule has 0 radical (unpaired) electrons. The number of hydrogen-bond acceptors (Lipinski definition) is 3. The van der Waals surface area contributed by atoms with Crippen molar-refractivity contribution in [2.75, 3.05) is 25.6 Å². The van der Waals surface area contributed by atoms with Gasteiger partial charge in [-0.05, 0) is 52.0 Å². The van der Waals surface area contributed by atoms with Gasteiger partial charge in [-0.25, -0.2) is 0 Å². The summed E-state index contributed by atoms with van der Waals surface area (Å²) in [7, 11) is 4.42. The van der Waals surface area contributed by atoms with Gasteiger partial charge in [0.1, 0.15) is 0 Å². The molecule has 1 saturated carbocycles. The minimum absolute atomic E-state index is 0.793. The van der Waals surface area contributed by atoms with Crippen molar-refractivity contribution in [3.05, 3.63) is 0 Å². The van der Waals surface area contributed by atoms with E-state index in [0.717, 1.165) is 18.1 Å². The largest absolute Gasteiger partial charge is 0.310 e. The number of thioether (sulfide) groups is 1. The quantitative estimate of drug-likeness (QED) is 0.795. The highest BCUT2D eigenvalue weighted by molar-refractivity contribution is 7.99. The van der Waals surface area contributed by atoms with E-state index < -0.39 is 0 Å². The number of nitrogens with one attached hydrogen (secondary N) is 1. The molecule has 0 spiro atoms. The van der Waals surface area contributed by atoms with Crippen molar-refractivity contribution in [2.24, 2.45) is 0 Å². The van der Waals surface area contributed by atoms with Crippen molar-refractivity contribution in [2.45, 2.75) is 50.2 Å². The van der Waals surface area contributed by atoms with Gasteiger partial charge in [-0.3, -0.25) is 0 Å². The summed E-state index contributed by atoms with van der Waals surface area (Å²) in [6.07, 6.45) is 6.92. The first-order chi connectivity index (χ1) is 7.25. The van der Waals surface area contributed by atoms with Crippen LogP contribution in [0.5, 0.6) is 0 Å². The maximum absolute atomic E-state index is 3.86. The molecule has 1 heterocycles. The zero-order chi connectivity index (χ0) is 10.7. The van der Waals surface area contributed by atoms with Gasteiger partial charge in [-0.1, -0.05) is 0 Å². The van der Waals surface area contributed by atoms with Crippen LogP contribution in [0.1, 0.15) is 32.1 Å². The molecule has 0 amide bonds. The monoisotopic (exact) mass is 228 g/mol. The summed E-state index contributed by atoms with van der Waals surface area (Å²) < 4.78 is 0. The van der Waals surface area contributed by atoms with E-state index in [1.807, 2.05) is 0 Å². The Kier molecular flexibility index (Phi) is 4.35. The highest BCUT2D eigenvalue weighted by Crippen LogP contribution is 2.25. The Hall–Kier alpha value is 0.270. The molecule has 3 unspecified atom stereocenters. The van der Waals surface area contributed by atoms with Crippen LogP contribution < -0.4 is 5.32 Å². The molecule has 0 aromatic heterocycles. The fourth-order valence-corrected chi connectivity index (χ4v) is 3.87. The summed E-state index contributed by atoms with van der Waals surface area (Å²) in [4.78, 5) is 2.39. The summed E-state index contributed by atoms with van der Waals surface area (Å²) >= 11 is 2.12. The van der Waals surface area contributed by atoms with Crippen molar-refractivity contribution in [3.8, 4) is 0 Å². The molecule has 2 fully saturated rings. The van der Waals surface area contributed by atoms with Crippen LogP contribution in [0.2, 0.25) is 0 Å². The highest BCUT2D eigenvalue weighted by atomic mass is 32.2. The van der Waals surface area contributed by atoms with E-state index >= 15 is 0 Å². The van der Waals surface area contributed by atoms with Gasteiger partial charge < -0.3 is 10.2 Å². The zero-order valence-electron chi connectivity index (χ0n) is 10.0. The molecule has 0 bridgehead atoms. The third-order valence-corrected chi connectivity index (χ3v) is 4.98. The van der Waals surface area contributed by atoms with Crippen LogP contribution in [-0.2, 0) is 0 Å². The van der Waals surface area contributed by atoms with Crippen LogP contribution in [-0.4, -0.2) is 48.6 Å². The Morgan fingerprint density at radius 3 is 2.60 bits per heavy atom. The number of hydrogen-bond donors (Lipinski definition) is 1. The maximum atomic E-state index is 3.86. The van der Waals surface area contributed by atoms with Gasteiger partial charge in [0.05, 0.1) is 0 Å². The maximum Gasteiger partial charge on any atom is 0.0161 e. The van der Waals surface area contributed by atoms with Crippen molar-refractivity contribution >= 4 is 11.8 Å². The molecule has 1 saturated heterocycles. The smallest absolute Gasteiger partial charge is 0.0161 e. The standard InChI is InChI=1S/C12H24N2S/c1-14(2)12-6-5-10(8-12)13-11-4-3-7-15-9-11/h10-13H,3-9H2,1-2H3. The van der Waals surface area contributed by atoms with Crippen molar-refractivity contribution in [3.63, 3.8) is 0 Å². The summed E-state index contributed by atoms with van der Waals surface area (Å²) in [5.74, 6) is 2.71. The minimum atomic E-state index is 0.793. The van der Waals surface area contributed by atoms with E-state index in [9.17, 15) is 0 Å². The summed E-state index contributed by atoms with van der Waals surface area (Å²) in [6.45, 7) is 0. The fraction of sp³-hybridized carbons (Fsp3) is 1.00. The molecule has 0 aromatic carbocycles. The van der Waals surface area contributed by atoms with Crippen LogP contribution in [0.25, 0.3) is 0 Å². The topological polar surface area (TPSA) is 15.3 Å². The molecule has 2 nitrogen and oxygen atoms in total. The van der Waals surface area contributed by atoms with E-state index in [1.165, 1.54) is 43.6 Å². The lowest BCUT2D eigenvalue weighted by molar-refractivity contribution is 0.290. The molecular formula is C12H24N2S. The van der Waals surface area contributed by atoms with Crippen molar-refractivity contribution in [1.82, 2.24) is 10.2 Å². The van der Waals surface area contributed by atoms with Gasteiger partial charge >= 0.3 is 0 Å². The summed E-state index contributed by atoms with van der Waals surface area (Å²) in [6, 6.07) is 2.41. The minimum Gasteiger partial charge on any atom is -0.310 e. The van der Waals surface area contributed by atoms with Crippen LogP contribution in [0.3, 0.4) is 0 Å². The molecule has 2 rings (SSSR count). The average molecular weight is 228 g/mol. The van der Waals surface area contributed by atoms with Gasteiger partial charge in [-0.15, -0.1) is 0 Å². The summed E-state index contributed by atoms with van der Waals surface area (Å²) in [5, 5.41) is 3.86. The van der Waals surface area contributed by atoms with Crippen molar-refractivity contribution < 1.29 is 0 Å². The van der Waals surface area contributed by atoms with Gasteiger partial charge in [0, 0.05) is 23.9 Å². The second-order valence-electron chi connectivity index (χ2n) is 5.21. The fourth-order valence-electron chi connectivity index (χ4n) is 2.78. The lowest BCUT2D eigenvalue weighted by atomic mass is 10.1. The van der Waals surface area contributed by atoms with E-state index in [4.69, 9.17) is 0 Å². The molecule has 2 aliphatic rings. The van der Waals surface area contributed by atoms with E-state index in [0.29, 0.717) is 0 Å². The average Bonchev–Trinajstić information content (AvgIpc) is 2.68. The van der Waals surface area contributed by atoms with Gasteiger partial charge in [0.25, 0.3) is 0 Å². The molecule has 1 aliphatic carbocycles. The van der Waals surface area contributed by atoms with Gasteiger partial charge in [0.2, 0.25) is 0 Å². The van der Waals surface area contributed by atoms with Crippen LogP contribution >= 0.6 is 11.8 Å².